The normalized spacial score (nSPS) is 19.2. The Morgan fingerprint density at radius 2 is 1.00 bits per heavy atom. The summed E-state index contributed by atoms with van der Waals surface area (Å²) < 4.78 is 0. The molecule has 16 heteroatoms. The molecule has 2 saturated heterocycles. The van der Waals surface area contributed by atoms with Crippen molar-refractivity contribution >= 4 is 68.4 Å². The van der Waals surface area contributed by atoms with Crippen molar-refractivity contribution in [3.63, 3.8) is 0 Å². The maximum absolute atomic E-state index is 13.4. The quantitative estimate of drug-likeness (QED) is 0.122. The molecule has 2 aliphatic rings. The average molecular weight is 683 g/mol. The highest BCUT2D eigenvalue weighted by molar-refractivity contribution is 8.15. The van der Waals surface area contributed by atoms with Crippen LogP contribution in [-0.2, 0) is 13.1 Å². The van der Waals surface area contributed by atoms with Crippen LogP contribution in [0.15, 0.2) is 119 Å². The number of nitro benzene ring substituents is 2. The number of amidine groups is 2. The maximum Gasteiger partial charge on any atom is 0.289 e. The standard InChI is InChI=1S/C32H26N8O6S2/c41-31-37(19-21-9-3-1-4-10-21)27(29(47-31)33-23-13-7-15-25(17-23)39(43)44)35-36-28-30(34-24-14-8-16-26(18-24)40(45)46)48-32(42)38(28)20-22-11-5-2-6-12-22/h1-18,29-30,33-34H,19-20H2/b35-27+,36-28?. The van der Waals surface area contributed by atoms with E-state index in [1.807, 2.05) is 60.7 Å². The van der Waals surface area contributed by atoms with E-state index in [2.05, 4.69) is 20.8 Å². The summed E-state index contributed by atoms with van der Waals surface area (Å²) in [6.07, 6.45) is 0. The Balaban J connectivity index is 1.39. The third kappa shape index (κ3) is 7.45. The third-order valence-corrected chi connectivity index (χ3v) is 9.20. The number of nitro groups is 2. The molecule has 0 aromatic heterocycles. The molecule has 48 heavy (non-hydrogen) atoms. The van der Waals surface area contributed by atoms with E-state index >= 15 is 0 Å². The summed E-state index contributed by atoms with van der Waals surface area (Å²) in [7, 11) is 0. The Morgan fingerprint density at radius 3 is 1.38 bits per heavy atom. The molecule has 0 spiro atoms. The van der Waals surface area contributed by atoms with Crippen LogP contribution < -0.4 is 10.6 Å². The minimum atomic E-state index is -0.775. The maximum atomic E-state index is 13.4. The van der Waals surface area contributed by atoms with Crippen molar-refractivity contribution in [1.29, 1.82) is 0 Å². The molecule has 0 aliphatic carbocycles. The van der Waals surface area contributed by atoms with E-state index in [0.29, 0.717) is 11.4 Å². The molecule has 14 nitrogen and oxygen atoms in total. The number of hydrogen-bond acceptors (Lipinski definition) is 12. The minimum absolute atomic E-state index is 0.123. The van der Waals surface area contributed by atoms with Crippen molar-refractivity contribution in [3.05, 3.63) is 141 Å². The molecule has 4 aromatic rings. The summed E-state index contributed by atoms with van der Waals surface area (Å²) in [5.41, 5.74) is 2.23. The smallest absolute Gasteiger partial charge is 0.289 e. The van der Waals surface area contributed by atoms with Crippen LogP contribution in [0, 0.1) is 20.2 Å². The van der Waals surface area contributed by atoms with Gasteiger partial charge in [0.2, 0.25) is 0 Å². The van der Waals surface area contributed by atoms with Gasteiger partial charge in [-0.05, 0) is 46.8 Å². The van der Waals surface area contributed by atoms with Crippen molar-refractivity contribution in [2.45, 2.75) is 23.8 Å². The lowest BCUT2D eigenvalue weighted by molar-refractivity contribution is -0.385. The summed E-state index contributed by atoms with van der Waals surface area (Å²) >= 11 is 1.89. The summed E-state index contributed by atoms with van der Waals surface area (Å²) in [5.74, 6) is 0.455. The van der Waals surface area contributed by atoms with E-state index in [1.54, 1.807) is 12.1 Å². The average Bonchev–Trinajstić information content (AvgIpc) is 3.53. The van der Waals surface area contributed by atoms with Gasteiger partial charge < -0.3 is 10.6 Å². The van der Waals surface area contributed by atoms with Gasteiger partial charge in [0.15, 0.2) is 11.7 Å². The molecule has 0 radical (unpaired) electrons. The van der Waals surface area contributed by atoms with Gasteiger partial charge in [0.1, 0.15) is 10.7 Å². The van der Waals surface area contributed by atoms with Crippen LogP contribution in [0.1, 0.15) is 11.1 Å². The van der Waals surface area contributed by atoms with Crippen molar-refractivity contribution < 1.29 is 19.4 Å². The number of carbonyl (C=O) groups is 2. The van der Waals surface area contributed by atoms with Crippen LogP contribution in [-0.4, -0.2) is 52.5 Å². The molecular weight excluding hydrogens is 657 g/mol. The summed E-state index contributed by atoms with van der Waals surface area (Å²) in [6, 6.07) is 30.4. The molecule has 2 atom stereocenters. The number of rotatable bonds is 11. The monoisotopic (exact) mass is 682 g/mol. The Labute approximate surface area is 282 Å². The van der Waals surface area contributed by atoms with Crippen LogP contribution in [0.3, 0.4) is 0 Å². The topological polar surface area (TPSA) is 176 Å². The number of benzene rings is 4. The van der Waals surface area contributed by atoms with Gasteiger partial charge in [0.05, 0.1) is 22.9 Å². The molecule has 0 saturated carbocycles. The molecule has 0 bridgehead atoms. The minimum Gasteiger partial charge on any atom is -0.366 e. The van der Waals surface area contributed by atoms with Gasteiger partial charge in [0.25, 0.3) is 21.9 Å². The summed E-state index contributed by atoms with van der Waals surface area (Å²) in [5, 5.41) is 36.1. The van der Waals surface area contributed by atoms with Crippen molar-refractivity contribution in [2.75, 3.05) is 10.6 Å². The largest absolute Gasteiger partial charge is 0.366 e. The van der Waals surface area contributed by atoms with Crippen LogP contribution in [0.25, 0.3) is 0 Å². The number of anilines is 2. The molecule has 2 fully saturated rings. The first kappa shape index (κ1) is 32.2. The predicted molar refractivity (Wildman–Crippen MR) is 186 cm³/mol. The van der Waals surface area contributed by atoms with E-state index in [4.69, 9.17) is 0 Å². The summed E-state index contributed by atoms with van der Waals surface area (Å²) in [6.45, 7) is 0.362. The van der Waals surface area contributed by atoms with Gasteiger partial charge in [-0.2, -0.15) is 0 Å². The number of nitrogens with one attached hydrogen (secondary N) is 2. The fourth-order valence-electron chi connectivity index (χ4n) is 4.95. The number of carbonyl (C=O) groups excluding carboxylic acids is 2. The second-order valence-electron chi connectivity index (χ2n) is 10.5. The van der Waals surface area contributed by atoms with Gasteiger partial charge in [-0.25, -0.2) is 0 Å². The van der Waals surface area contributed by atoms with Crippen molar-refractivity contribution in [1.82, 2.24) is 9.80 Å². The van der Waals surface area contributed by atoms with Crippen LogP contribution in [0.4, 0.5) is 32.3 Å². The number of thioether (sulfide) groups is 2. The second kappa shape index (κ2) is 14.4. The van der Waals surface area contributed by atoms with Crippen molar-refractivity contribution in [2.24, 2.45) is 10.2 Å². The number of amides is 2. The van der Waals surface area contributed by atoms with Gasteiger partial charge in [-0.3, -0.25) is 39.6 Å². The highest BCUT2D eigenvalue weighted by atomic mass is 32.2. The zero-order valence-electron chi connectivity index (χ0n) is 24.9. The van der Waals surface area contributed by atoms with Crippen LogP contribution in [0.5, 0.6) is 0 Å². The second-order valence-corrected chi connectivity index (χ2v) is 12.6. The molecule has 242 valence electrons. The molecule has 6 rings (SSSR count). The van der Waals surface area contributed by atoms with Gasteiger partial charge >= 0.3 is 0 Å². The van der Waals surface area contributed by atoms with Crippen molar-refractivity contribution in [3.8, 4) is 0 Å². The predicted octanol–water partition coefficient (Wildman–Crippen LogP) is 7.13. The van der Waals surface area contributed by atoms with Gasteiger partial charge in [0, 0.05) is 35.6 Å². The number of nitrogens with zero attached hydrogens (tertiary/aromatic N) is 6. The summed E-state index contributed by atoms with van der Waals surface area (Å²) in [4.78, 5) is 51.5. The molecule has 2 aliphatic heterocycles. The highest BCUT2D eigenvalue weighted by Gasteiger charge is 2.41. The first-order valence-electron chi connectivity index (χ1n) is 14.5. The van der Waals surface area contributed by atoms with Gasteiger partial charge in [-0.1, -0.05) is 72.8 Å². The van der Waals surface area contributed by atoms with Gasteiger partial charge in [-0.15, -0.1) is 10.2 Å². The first-order valence-corrected chi connectivity index (χ1v) is 16.2. The lowest BCUT2D eigenvalue weighted by Gasteiger charge is -2.20. The highest BCUT2D eigenvalue weighted by Crippen LogP contribution is 2.34. The Morgan fingerprint density at radius 1 is 0.604 bits per heavy atom. The lowest BCUT2D eigenvalue weighted by atomic mass is 10.2. The van der Waals surface area contributed by atoms with Crippen LogP contribution >= 0.6 is 23.5 Å². The molecule has 2 amide bonds. The lowest BCUT2D eigenvalue weighted by Crippen LogP contribution is -2.36. The first-order chi connectivity index (χ1) is 23.2. The van der Waals surface area contributed by atoms with E-state index < -0.39 is 20.6 Å². The Hall–Kier alpha value is -5.74. The Kier molecular flexibility index (Phi) is 9.63. The fourth-order valence-corrected chi connectivity index (χ4v) is 6.88. The third-order valence-electron chi connectivity index (χ3n) is 7.23. The molecule has 2 heterocycles. The van der Waals surface area contributed by atoms with E-state index in [-0.39, 0.29) is 46.6 Å². The van der Waals surface area contributed by atoms with Crippen LogP contribution in [0.2, 0.25) is 0 Å². The SMILES string of the molecule is O=C1SC(Nc2cccc([N+](=O)[O-])c2)C(=N/N=C2\C(Nc3cccc([N+](=O)[O-])c3)SC(=O)N2Cc2ccccc2)N1Cc1ccccc1. The Bertz CT molecular complexity index is 1790. The molecular formula is C32H26N8O6S2. The molecule has 4 aromatic carbocycles. The van der Waals surface area contributed by atoms with E-state index in [1.165, 1.54) is 46.2 Å². The number of hydrogen-bond donors (Lipinski definition) is 2. The fraction of sp³-hybridized carbons (Fsp3) is 0.125. The van der Waals surface area contributed by atoms with E-state index in [9.17, 15) is 29.8 Å². The zero-order chi connectivity index (χ0) is 33.6. The zero-order valence-corrected chi connectivity index (χ0v) is 26.5. The van der Waals surface area contributed by atoms with E-state index in [0.717, 1.165) is 34.7 Å². The molecule has 2 unspecified atom stereocenters. The molecule has 2 N–H and O–H groups in total. The number of non-ortho nitro benzene ring substituents is 2.